The number of alkyl halides is 1. The van der Waals surface area contributed by atoms with Crippen molar-refractivity contribution in [2.45, 2.75) is 44.5 Å². The van der Waals surface area contributed by atoms with Crippen LogP contribution in [0.3, 0.4) is 0 Å². The van der Waals surface area contributed by atoms with Gasteiger partial charge >= 0.3 is 0 Å². The van der Waals surface area contributed by atoms with Crippen molar-refractivity contribution in [3.63, 3.8) is 0 Å². The first-order valence-corrected chi connectivity index (χ1v) is 10.8. The van der Waals surface area contributed by atoms with Crippen LogP contribution in [0, 0.1) is 5.95 Å². The van der Waals surface area contributed by atoms with E-state index in [1.165, 1.54) is 26.2 Å². The van der Waals surface area contributed by atoms with Crippen molar-refractivity contribution in [2.24, 2.45) is 0 Å². The smallest absolute Gasteiger partial charge is 0.255 e. The van der Waals surface area contributed by atoms with Gasteiger partial charge in [0.1, 0.15) is 6.17 Å². The summed E-state index contributed by atoms with van der Waals surface area (Å²) in [4.78, 5) is 16.7. The number of rotatable bonds is 7. The number of anilines is 1. The average Bonchev–Trinajstić information content (AvgIpc) is 3.22. The van der Waals surface area contributed by atoms with Crippen molar-refractivity contribution in [1.82, 2.24) is 19.9 Å². The van der Waals surface area contributed by atoms with E-state index >= 15 is 0 Å². The van der Waals surface area contributed by atoms with Crippen molar-refractivity contribution in [3.05, 3.63) is 48.3 Å². The molecule has 176 valence electrons. The molecule has 1 fully saturated rings. The molecule has 1 saturated heterocycles. The van der Waals surface area contributed by atoms with Gasteiger partial charge in [0.05, 0.1) is 35.1 Å². The Labute approximate surface area is 190 Å². The predicted octanol–water partition coefficient (Wildman–Crippen LogP) is 2.97. The standard InChI is InChI=1S/C23H27F2N5O3/c1-23(2,32)19(24)12-27-22(31)17-11-28-30-13-14(16-4-3-7-26-21(16)25)10-18(30)20(17)29-15-5-8-33-9-6-15/h3-4,7,10-11,13,15,19,29,32H,5-6,8-9,12H2,1-2H3,(H,27,31). The number of hydrogen-bond acceptors (Lipinski definition) is 6. The molecule has 1 aliphatic rings. The second-order valence-corrected chi connectivity index (χ2v) is 8.70. The molecule has 10 heteroatoms. The minimum Gasteiger partial charge on any atom is -0.387 e. The van der Waals surface area contributed by atoms with Gasteiger partial charge in [0, 0.05) is 42.8 Å². The van der Waals surface area contributed by atoms with Crippen LogP contribution in [0.1, 0.15) is 37.0 Å². The Hall–Kier alpha value is -3.11. The van der Waals surface area contributed by atoms with E-state index in [1.54, 1.807) is 28.9 Å². The molecule has 3 N–H and O–H groups in total. The van der Waals surface area contributed by atoms with Crippen LogP contribution in [0.2, 0.25) is 0 Å². The molecule has 1 unspecified atom stereocenters. The molecule has 1 amide bonds. The first-order chi connectivity index (χ1) is 15.7. The SMILES string of the molecule is CC(C)(O)C(F)CNC(=O)c1cnn2cc(-c3cccnc3F)cc2c1NC1CCOCC1. The number of hydrogen-bond donors (Lipinski definition) is 3. The van der Waals surface area contributed by atoms with E-state index in [0.717, 1.165) is 12.8 Å². The van der Waals surface area contributed by atoms with Gasteiger partial charge in [0.2, 0.25) is 5.95 Å². The lowest BCUT2D eigenvalue weighted by Crippen LogP contribution is -2.42. The van der Waals surface area contributed by atoms with Crippen LogP contribution in [0.15, 0.2) is 36.8 Å². The molecule has 4 rings (SSSR count). The summed E-state index contributed by atoms with van der Waals surface area (Å²) in [6.45, 7) is 3.54. The molecule has 3 aromatic rings. The van der Waals surface area contributed by atoms with Crippen LogP contribution >= 0.6 is 0 Å². The normalized spacial score (nSPS) is 16.0. The zero-order chi connectivity index (χ0) is 23.6. The third-order valence-corrected chi connectivity index (χ3v) is 5.73. The predicted molar refractivity (Wildman–Crippen MR) is 119 cm³/mol. The summed E-state index contributed by atoms with van der Waals surface area (Å²) in [5.74, 6) is -1.13. The molecule has 1 aliphatic heterocycles. The monoisotopic (exact) mass is 459 g/mol. The summed E-state index contributed by atoms with van der Waals surface area (Å²) in [7, 11) is 0. The van der Waals surface area contributed by atoms with Crippen LogP contribution in [0.5, 0.6) is 0 Å². The molecular weight excluding hydrogens is 432 g/mol. The lowest BCUT2D eigenvalue weighted by atomic mass is 10.0. The van der Waals surface area contributed by atoms with E-state index in [0.29, 0.717) is 35.5 Å². The zero-order valence-corrected chi connectivity index (χ0v) is 18.5. The van der Waals surface area contributed by atoms with Crippen molar-refractivity contribution >= 4 is 17.1 Å². The number of amides is 1. The molecule has 0 radical (unpaired) electrons. The number of halogens is 2. The van der Waals surface area contributed by atoms with Crippen molar-refractivity contribution in [1.29, 1.82) is 0 Å². The van der Waals surface area contributed by atoms with Gasteiger partial charge in [0.25, 0.3) is 5.91 Å². The van der Waals surface area contributed by atoms with Crippen LogP contribution in [-0.4, -0.2) is 63.2 Å². The maximum absolute atomic E-state index is 14.3. The zero-order valence-electron chi connectivity index (χ0n) is 18.5. The number of fused-ring (bicyclic) bond motifs is 1. The molecule has 3 aromatic heterocycles. The summed E-state index contributed by atoms with van der Waals surface area (Å²) in [6, 6.07) is 5.06. The largest absolute Gasteiger partial charge is 0.387 e. The maximum Gasteiger partial charge on any atom is 0.255 e. The Kier molecular flexibility index (Phi) is 6.57. The fourth-order valence-electron chi connectivity index (χ4n) is 3.70. The second kappa shape index (κ2) is 9.40. The highest BCUT2D eigenvalue weighted by molar-refractivity contribution is 6.03. The van der Waals surface area contributed by atoms with Gasteiger partial charge in [-0.2, -0.15) is 9.49 Å². The van der Waals surface area contributed by atoms with E-state index in [4.69, 9.17) is 4.74 Å². The number of ether oxygens (including phenoxy) is 1. The Morgan fingerprint density at radius 1 is 1.39 bits per heavy atom. The van der Waals surface area contributed by atoms with Gasteiger partial charge in [-0.25, -0.2) is 13.9 Å². The molecule has 4 heterocycles. The fraction of sp³-hybridized carbons (Fsp3) is 0.435. The van der Waals surface area contributed by atoms with Crippen LogP contribution in [-0.2, 0) is 4.74 Å². The highest BCUT2D eigenvalue weighted by Gasteiger charge is 2.28. The van der Waals surface area contributed by atoms with Crippen molar-refractivity contribution in [3.8, 4) is 11.1 Å². The maximum atomic E-state index is 14.3. The van der Waals surface area contributed by atoms with E-state index in [9.17, 15) is 18.7 Å². The van der Waals surface area contributed by atoms with Crippen LogP contribution in [0.4, 0.5) is 14.5 Å². The first-order valence-electron chi connectivity index (χ1n) is 10.8. The average molecular weight is 459 g/mol. The summed E-state index contributed by atoms with van der Waals surface area (Å²) < 4.78 is 35.4. The Balaban J connectivity index is 1.71. The number of aromatic nitrogens is 3. The number of nitrogens with one attached hydrogen (secondary N) is 2. The van der Waals surface area contributed by atoms with Gasteiger partial charge in [-0.15, -0.1) is 0 Å². The topological polar surface area (TPSA) is 101 Å². The molecule has 0 aliphatic carbocycles. The first kappa shape index (κ1) is 23.1. The van der Waals surface area contributed by atoms with Gasteiger partial charge < -0.3 is 20.5 Å². The summed E-state index contributed by atoms with van der Waals surface area (Å²) in [6.07, 6.45) is 4.30. The van der Waals surface area contributed by atoms with Gasteiger partial charge in [0.15, 0.2) is 0 Å². The minimum absolute atomic E-state index is 0.0651. The molecular formula is C23H27F2N5O3. The molecule has 33 heavy (non-hydrogen) atoms. The van der Waals surface area contributed by atoms with Crippen molar-refractivity contribution < 1.29 is 23.4 Å². The number of pyridine rings is 1. The third-order valence-electron chi connectivity index (χ3n) is 5.73. The van der Waals surface area contributed by atoms with Gasteiger partial charge in [-0.3, -0.25) is 4.79 Å². The molecule has 0 spiro atoms. The highest BCUT2D eigenvalue weighted by atomic mass is 19.1. The van der Waals surface area contributed by atoms with Crippen molar-refractivity contribution in [2.75, 3.05) is 25.1 Å². The fourth-order valence-corrected chi connectivity index (χ4v) is 3.70. The van der Waals surface area contributed by atoms with Crippen LogP contribution in [0.25, 0.3) is 16.6 Å². The van der Waals surface area contributed by atoms with Gasteiger partial charge in [-0.05, 0) is 44.9 Å². The van der Waals surface area contributed by atoms with Gasteiger partial charge in [-0.1, -0.05) is 0 Å². The number of aliphatic hydroxyl groups is 1. The Morgan fingerprint density at radius 3 is 2.85 bits per heavy atom. The van der Waals surface area contributed by atoms with E-state index in [-0.39, 0.29) is 18.2 Å². The summed E-state index contributed by atoms with van der Waals surface area (Å²) in [5.41, 5.74) is 0.620. The second-order valence-electron chi connectivity index (χ2n) is 8.70. The molecule has 8 nitrogen and oxygen atoms in total. The quantitative estimate of drug-likeness (QED) is 0.470. The highest BCUT2D eigenvalue weighted by Crippen LogP contribution is 2.30. The number of nitrogens with zero attached hydrogens (tertiary/aromatic N) is 3. The minimum atomic E-state index is -1.64. The molecule has 0 aromatic carbocycles. The summed E-state index contributed by atoms with van der Waals surface area (Å²) in [5, 5.41) is 20.1. The third kappa shape index (κ3) is 5.12. The summed E-state index contributed by atoms with van der Waals surface area (Å²) >= 11 is 0. The van der Waals surface area contributed by atoms with E-state index in [2.05, 4.69) is 20.7 Å². The molecule has 1 atom stereocenters. The van der Waals surface area contributed by atoms with E-state index in [1.807, 2.05) is 0 Å². The lowest BCUT2D eigenvalue weighted by molar-refractivity contribution is -0.00177. The van der Waals surface area contributed by atoms with Crippen LogP contribution < -0.4 is 10.6 Å². The lowest BCUT2D eigenvalue weighted by Gasteiger charge is -2.26. The number of carbonyl (C=O) groups excluding carboxylic acids is 1. The Bertz CT molecular complexity index is 1140. The Morgan fingerprint density at radius 2 is 2.15 bits per heavy atom. The molecule has 0 saturated carbocycles. The number of carbonyl (C=O) groups is 1. The molecule has 0 bridgehead atoms. The van der Waals surface area contributed by atoms with E-state index < -0.39 is 23.6 Å².